The summed E-state index contributed by atoms with van der Waals surface area (Å²) in [5.74, 6) is 0. The van der Waals surface area contributed by atoms with Crippen molar-refractivity contribution in [1.29, 1.82) is 0 Å². The van der Waals surface area contributed by atoms with Crippen molar-refractivity contribution in [3.8, 4) is 0 Å². The highest BCUT2D eigenvalue weighted by Crippen LogP contribution is 2.18. The minimum absolute atomic E-state index is 0.0457. The molecule has 60 valence electrons. The Morgan fingerprint density at radius 2 is 2.18 bits per heavy atom. The molecule has 2 nitrogen and oxygen atoms in total. The lowest BCUT2D eigenvalue weighted by Gasteiger charge is -2.06. The van der Waals surface area contributed by atoms with E-state index in [0.717, 1.165) is 11.3 Å². The first-order valence-electron chi connectivity index (χ1n) is 3.50. The second-order valence-corrected chi connectivity index (χ2v) is 2.98. The van der Waals surface area contributed by atoms with E-state index in [2.05, 4.69) is 4.98 Å². The van der Waals surface area contributed by atoms with Crippen LogP contribution in [-0.2, 0) is 0 Å². The maximum Gasteiger partial charge on any atom is 0.134 e. The number of rotatable bonds is 1. The second-order valence-electron chi connectivity index (χ2n) is 2.62. The molecule has 0 bridgehead atoms. The molecule has 0 aliphatic rings. The largest absolute Gasteiger partial charge is 0.324 e. The number of halogens is 1. The molecule has 0 saturated carbocycles. The fraction of sp³-hybridized carbons (Fsp3) is 0.375. The van der Waals surface area contributed by atoms with E-state index in [-0.39, 0.29) is 6.04 Å². The number of aromatic nitrogens is 1. The quantitative estimate of drug-likeness (QED) is 0.656. The summed E-state index contributed by atoms with van der Waals surface area (Å²) in [4.78, 5) is 4.08. The van der Waals surface area contributed by atoms with Crippen LogP contribution in [0.4, 0.5) is 0 Å². The highest BCUT2D eigenvalue weighted by Gasteiger charge is 2.05. The van der Waals surface area contributed by atoms with E-state index in [1.807, 2.05) is 26.0 Å². The molecule has 1 aromatic heterocycles. The molecule has 0 unspecified atom stereocenters. The van der Waals surface area contributed by atoms with Crippen molar-refractivity contribution in [2.45, 2.75) is 19.9 Å². The molecule has 0 spiro atoms. The zero-order valence-corrected chi connectivity index (χ0v) is 7.39. The van der Waals surface area contributed by atoms with Gasteiger partial charge in [-0.1, -0.05) is 17.7 Å². The van der Waals surface area contributed by atoms with Gasteiger partial charge in [0.25, 0.3) is 0 Å². The van der Waals surface area contributed by atoms with Gasteiger partial charge in [0.2, 0.25) is 0 Å². The molecule has 1 rings (SSSR count). The normalized spacial score (nSPS) is 13.1. The van der Waals surface area contributed by atoms with Gasteiger partial charge in [0.15, 0.2) is 0 Å². The van der Waals surface area contributed by atoms with Crippen LogP contribution in [0.15, 0.2) is 12.1 Å². The van der Waals surface area contributed by atoms with Crippen molar-refractivity contribution in [2.75, 3.05) is 0 Å². The molecule has 0 aromatic carbocycles. The van der Waals surface area contributed by atoms with Crippen LogP contribution in [-0.4, -0.2) is 4.98 Å². The SMILES string of the molecule is Cc1ccc([C@@H](C)N)c(Cl)n1. The third kappa shape index (κ3) is 1.91. The second kappa shape index (κ2) is 3.20. The summed E-state index contributed by atoms with van der Waals surface area (Å²) in [7, 11) is 0. The molecular weight excluding hydrogens is 160 g/mol. The van der Waals surface area contributed by atoms with Crippen LogP contribution >= 0.6 is 11.6 Å². The van der Waals surface area contributed by atoms with Crippen molar-refractivity contribution in [1.82, 2.24) is 4.98 Å². The summed E-state index contributed by atoms with van der Waals surface area (Å²) in [5.41, 5.74) is 7.46. The molecule has 11 heavy (non-hydrogen) atoms. The molecule has 2 N–H and O–H groups in total. The first-order valence-corrected chi connectivity index (χ1v) is 3.87. The number of nitrogens with zero attached hydrogens (tertiary/aromatic N) is 1. The topological polar surface area (TPSA) is 38.9 Å². The zero-order chi connectivity index (χ0) is 8.43. The van der Waals surface area contributed by atoms with Gasteiger partial charge in [0, 0.05) is 17.3 Å². The maximum absolute atomic E-state index is 5.83. The average molecular weight is 171 g/mol. The number of pyridine rings is 1. The Morgan fingerprint density at radius 1 is 1.55 bits per heavy atom. The van der Waals surface area contributed by atoms with Gasteiger partial charge in [0.1, 0.15) is 5.15 Å². The zero-order valence-electron chi connectivity index (χ0n) is 6.63. The van der Waals surface area contributed by atoms with Gasteiger partial charge in [-0.05, 0) is 19.9 Å². The van der Waals surface area contributed by atoms with E-state index in [0.29, 0.717) is 5.15 Å². The van der Waals surface area contributed by atoms with Crippen molar-refractivity contribution < 1.29 is 0 Å². The van der Waals surface area contributed by atoms with Crippen LogP contribution in [0, 0.1) is 6.92 Å². The Hall–Kier alpha value is -0.600. The Bertz CT molecular complexity index is 258. The third-order valence-electron chi connectivity index (χ3n) is 1.51. The van der Waals surface area contributed by atoms with Gasteiger partial charge in [-0.3, -0.25) is 0 Å². The van der Waals surface area contributed by atoms with Crippen LogP contribution < -0.4 is 5.73 Å². The lowest BCUT2D eigenvalue weighted by atomic mass is 10.1. The fourth-order valence-corrected chi connectivity index (χ4v) is 1.24. The van der Waals surface area contributed by atoms with Crippen molar-refractivity contribution in [3.63, 3.8) is 0 Å². The minimum Gasteiger partial charge on any atom is -0.324 e. The van der Waals surface area contributed by atoms with Crippen LogP contribution in [0.25, 0.3) is 0 Å². The molecule has 0 amide bonds. The van der Waals surface area contributed by atoms with Crippen molar-refractivity contribution in [2.24, 2.45) is 5.73 Å². The standard InChI is InChI=1S/C8H11ClN2/c1-5-3-4-7(6(2)10)8(9)11-5/h3-4,6H,10H2,1-2H3/t6-/m1/s1. The van der Waals surface area contributed by atoms with Gasteiger partial charge in [0.05, 0.1) is 0 Å². The third-order valence-corrected chi connectivity index (χ3v) is 1.81. The van der Waals surface area contributed by atoms with Crippen LogP contribution in [0.3, 0.4) is 0 Å². The van der Waals surface area contributed by atoms with Gasteiger partial charge in [-0.25, -0.2) is 4.98 Å². The Balaban J connectivity index is 3.09. The van der Waals surface area contributed by atoms with Gasteiger partial charge in [-0.15, -0.1) is 0 Å². The summed E-state index contributed by atoms with van der Waals surface area (Å²) in [6, 6.07) is 3.77. The predicted molar refractivity (Wildman–Crippen MR) is 46.6 cm³/mol. The summed E-state index contributed by atoms with van der Waals surface area (Å²) in [6.07, 6.45) is 0. The fourth-order valence-electron chi connectivity index (χ4n) is 0.875. The Kier molecular flexibility index (Phi) is 2.47. The molecule has 0 aliphatic carbocycles. The molecule has 0 radical (unpaired) electrons. The van der Waals surface area contributed by atoms with E-state index < -0.39 is 0 Å². The summed E-state index contributed by atoms with van der Waals surface area (Å²) in [6.45, 7) is 3.79. The number of nitrogens with two attached hydrogens (primary N) is 1. The van der Waals surface area contributed by atoms with Crippen molar-refractivity contribution >= 4 is 11.6 Å². The molecule has 0 aliphatic heterocycles. The van der Waals surface area contributed by atoms with E-state index in [1.54, 1.807) is 0 Å². The first kappa shape index (κ1) is 8.50. The summed E-state index contributed by atoms with van der Waals surface area (Å²) in [5, 5.41) is 0.514. The van der Waals surface area contributed by atoms with E-state index in [1.165, 1.54) is 0 Å². The smallest absolute Gasteiger partial charge is 0.134 e. The number of aryl methyl sites for hydroxylation is 1. The summed E-state index contributed by atoms with van der Waals surface area (Å²) >= 11 is 5.83. The van der Waals surface area contributed by atoms with Crippen molar-refractivity contribution in [3.05, 3.63) is 28.5 Å². The maximum atomic E-state index is 5.83. The highest BCUT2D eigenvalue weighted by molar-refractivity contribution is 6.30. The molecule has 1 heterocycles. The van der Waals surface area contributed by atoms with E-state index in [9.17, 15) is 0 Å². The number of hydrogen-bond acceptors (Lipinski definition) is 2. The average Bonchev–Trinajstić information content (AvgIpc) is 1.85. The molecule has 1 aromatic rings. The molecule has 0 saturated heterocycles. The lowest BCUT2D eigenvalue weighted by Crippen LogP contribution is -2.06. The van der Waals surface area contributed by atoms with Crippen LogP contribution in [0.2, 0.25) is 5.15 Å². The Labute approximate surface area is 71.4 Å². The monoisotopic (exact) mass is 170 g/mol. The van der Waals surface area contributed by atoms with Gasteiger partial charge < -0.3 is 5.73 Å². The van der Waals surface area contributed by atoms with E-state index >= 15 is 0 Å². The summed E-state index contributed by atoms with van der Waals surface area (Å²) < 4.78 is 0. The Morgan fingerprint density at radius 3 is 2.64 bits per heavy atom. The highest BCUT2D eigenvalue weighted by atomic mass is 35.5. The van der Waals surface area contributed by atoms with Gasteiger partial charge >= 0.3 is 0 Å². The number of hydrogen-bond donors (Lipinski definition) is 1. The molecule has 1 atom stereocenters. The minimum atomic E-state index is -0.0457. The van der Waals surface area contributed by atoms with Crippen LogP contribution in [0.5, 0.6) is 0 Å². The molecule has 3 heteroatoms. The predicted octanol–water partition coefficient (Wildman–Crippen LogP) is 2.06. The molecular formula is C8H11ClN2. The van der Waals surface area contributed by atoms with Gasteiger partial charge in [-0.2, -0.15) is 0 Å². The lowest BCUT2D eigenvalue weighted by molar-refractivity contribution is 0.810. The first-order chi connectivity index (χ1) is 5.11. The van der Waals surface area contributed by atoms with Crippen LogP contribution in [0.1, 0.15) is 24.2 Å². The van der Waals surface area contributed by atoms with E-state index in [4.69, 9.17) is 17.3 Å². The molecule has 0 fully saturated rings.